The van der Waals surface area contributed by atoms with E-state index in [1.807, 2.05) is 37.3 Å². The van der Waals surface area contributed by atoms with Gasteiger partial charge in [-0.1, -0.05) is 12.1 Å². The summed E-state index contributed by atoms with van der Waals surface area (Å²) in [5, 5.41) is 0.600. The summed E-state index contributed by atoms with van der Waals surface area (Å²) in [6.45, 7) is 2.04. The van der Waals surface area contributed by atoms with Gasteiger partial charge in [-0.05, 0) is 41.1 Å². The minimum Gasteiger partial charge on any atom is -0.291 e. The third-order valence-electron chi connectivity index (χ3n) is 2.78. The Morgan fingerprint density at radius 2 is 2.11 bits per heavy atom. The number of thiazole rings is 1. The number of ketones is 1. The summed E-state index contributed by atoms with van der Waals surface area (Å²) in [7, 11) is 0. The van der Waals surface area contributed by atoms with E-state index in [1.54, 1.807) is 11.3 Å². The molecular weight excluding hydrogens is 342 g/mol. The smallest absolute Gasteiger partial charge is 0.196 e. The number of nitrogens with zero attached hydrogens (tertiary/aromatic N) is 1. The number of halogens is 1. The SMILES string of the molecule is Cc1sc(CC(=O)c2nc3ccccc3s2)cc1Br. The molecule has 1 aromatic carbocycles. The Hall–Kier alpha value is -1.04. The molecule has 0 aliphatic heterocycles. The van der Waals surface area contributed by atoms with Crippen molar-refractivity contribution in [1.29, 1.82) is 0 Å². The molecule has 0 aliphatic carbocycles. The molecule has 96 valence electrons. The van der Waals surface area contributed by atoms with Gasteiger partial charge >= 0.3 is 0 Å². The Labute approximate surface area is 127 Å². The van der Waals surface area contributed by atoms with E-state index < -0.39 is 0 Å². The predicted octanol–water partition coefficient (Wildman–Crippen LogP) is 4.85. The summed E-state index contributed by atoms with van der Waals surface area (Å²) >= 11 is 6.60. The monoisotopic (exact) mass is 351 g/mol. The molecule has 0 radical (unpaired) electrons. The highest BCUT2D eigenvalue weighted by molar-refractivity contribution is 9.10. The Bertz CT molecular complexity index is 707. The molecule has 0 amide bonds. The fourth-order valence-electron chi connectivity index (χ4n) is 1.83. The summed E-state index contributed by atoms with van der Waals surface area (Å²) in [6, 6.07) is 9.86. The van der Waals surface area contributed by atoms with Crippen molar-refractivity contribution in [3.05, 3.63) is 49.6 Å². The van der Waals surface area contributed by atoms with Crippen LogP contribution >= 0.6 is 38.6 Å². The maximum Gasteiger partial charge on any atom is 0.196 e. The largest absolute Gasteiger partial charge is 0.291 e. The van der Waals surface area contributed by atoms with Crippen LogP contribution in [0.5, 0.6) is 0 Å². The number of aromatic nitrogens is 1. The highest BCUT2D eigenvalue weighted by Gasteiger charge is 2.14. The molecule has 0 saturated heterocycles. The number of rotatable bonds is 3. The van der Waals surface area contributed by atoms with Crippen LogP contribution in [0.4, 0.5) is 0 Å². The van der Waals surface area contributed by atoms with Crippen LogP contribution in [-0.2, 0) is 6.42 Å². The van der Waals surface area contributed by atoms with Gasteiger partial charge in [0, 0.05) is 20.6 Å². The van der Waals surface area contributed by atoms with Crippen LogP contribution in [0.15, 0.2) is 34.8 Å². The highest BCUT2D eigenvalue weighted by atomic mass is 79.9. The minimum absolute atomic E-state index is 0.0925. The summed E-state index contributed by atoms with van der Waals surface area (Å²) in [6.07, 6.45) is 0.428. The fourth-order valence-corrected chi connectivity index (χ4v) is 4.33. The van der Waals surface area contributed by atoms with Crippen LogP contribution in [0.25, 0.3) is 10.2 Å². The molecule has 0 fully saturated rings. The number of fused-ring (bicyclic) bond motifs is 1. The maximum atomic E-state index is 12.2. The van der Waals surface area contributed by atoms with Crippen molar-refractivity contribution in [3.8, 4) is 0 Å². The van der Waals surface area contributed by atoms with Crippen LogP contribution in [0, 0.1) is 6.92 Å². The van der Waals surface area contributed by atoms with E-state index in [-0.39, 0.29) is 5.78 Å². The fraction of sp³-hybridized carbons (Fsp3) is 0.143. The number of aryl methyl sites for hydroxylation is 1. The molecule has 19 heavy (non-hydrogen) atoms. The van der Waals surface area contributed by atoms with E-state index in [0.29, 0.717) is 11.4 Å². The first kappa shape index (κ1) is 13.0. The molecule has 3 aromatic rings. The normalized spacial score (nSPS) is 11.1. The number of carbonyl (C=O) groups excluding carboxylic acids is 1. The second kappa shape index (κ2) is 5.15. The number of Topliss-reactive ketones (excluding diaryl/α,β-unsaturated/α-hetero) is 1. The van der Waals surface area contributed by atoms with Crippen LogP contribution in [0.1, 0.15) is 19.6 Å². The van der Waals surface area contributed by atoms with Crippen LogP contribution in [0.2, 0.25) is 0 Å². The molecule has 0 saturated carbocycles. The zero-order chi connectivity index (χ0) is 13.4. The average Bonchev–Trinajstić information content (AvgIpc) is 2.93. The number of benzene rings is 1. The first-order valence-corrected chi connectivity index (χ1v) is 8.19. The molecule has 0 bridgehead atoms. The molecule has 3 rings (SSSR count). The molecule has 0 N–H and O–H groups in total. The zero-order valence-electron chi connectivity index (χ0n) is 10.1. The molecule has 0 aliphatic rings. The highest BCUT2D eigenvalue weighted by Crippen LogP contribution is 2.28. The Balaban J connectivity index is 1.87. The molecule has 5 heteroatoms. The van der Waals surface area contributed by atoms with Crippen molar-refractivity contribution < 1.29 is 4.79 Å². The lowest BCUT2D eigenvalue weighted by molar-refractivity contribution is 0.0993. The van der Waals surface area contributed by atoms with Gasteiger partial charge in [-0.15, -0.1) is 22.7 Å². The number of hydrogen-bond acceptors (Lipinski definition) is 4. The Kier molecular flexibility index (Phi) is 3.52. The predicted molar refractivity (Wildman–Crippen MR) is 84.4 cm³/mol. The summed E-state index contributed by atoms with van der Waals surface area (Å²) in [5.41, 5.74) is 0.902. The lowest BCUT2D eigenvalue weighted by Crippen LogP contribution is -2.01. The van der Waals surface area contributed by atoms with E-state index in [4.69, 9.17) is 0 Å². The van der Waals surface area contributed by atoms with Gasteiger partial charge in [0.2, 0.25) is 0 Å². The minimum atomic E-state index is 0.0925. The topological polar surface area (TPSA) is 30.0 Å². The number of thiophene rings is 1. The number of para-hydroxylation sites is 1. The molecular formula is C14H10BrNOS2. The van der Waals surface area contributed by atoms with Crippen molar-refractivity contribution in [1.82, 2.24) is 4.98 Å². The molecule has 2 nitrogen and oxygen atoms in total. The third-order valence-corrected chi connectivity index (χ3v) is 5.99. The zero-order valence-corrected chi connectivity index (χ0v) is 13.4. The van der Waals surface area contributed by atoms with Crippen molar-refractivity contribution in [2.24, 2.45) is 0 Å². The van der Waals surface area contributed by atoms with Crippen LogP contribution in [0.3, 0.4) is 0 Å². The molecule has 2 heterocycles. The summed E-state index contributed by atoms with van der Waals surface area (Å²) in [5.74, 6) is 0.0925. The van der Waals surface area contributed by atoms with Crippen molar-refractivity contribution >= 4 is 54.6 Å². The van der Waals surface area contributed by atoms with Crippen LogP contribution in [-0.4, -0.2) is 10.8 Å². The number of hydrogen-bond donors (Lipinski definition) is 0. The van der Waals surface area contributed by atoms with E-state index in [9.17, 15) is 4.79 Å². The van der Waals surface area contributed by atoms with E-state index in [2.05, 4.69) is 20.9 Å². The van der Waals surface area contributed by atoms with Gasteiger partial charge in [0.1, 0.15) is 0 Å². The van der Waals surface area contributed by atoms with Crippen LogP contribution < -0.4 is 0 Å². The second-order valence-corrected chi connectivity index (χ2v) is 7.43. The Morgan fingerprint density at radius 1 is 1.32 bits per heavy atom. The van der Waals surface area contributed by atoms with Gasteiger partial charge in [0.15, 0.2) is 10.8 Å². The van der Waals surface area contributed by atoms with E-state index >= 15 is 0 Å². The summed E-state index contributed by atoms with van der Waals surface area (Å²) in [4.78, 5) is 18.9. The first-order valence-electron chi connectivity index (χ1n) is 5.77. The third kappa shape index (κ3) is 2.63. The maximum absolute atomic E-state index is 12.2. The van der Waals surface area contributed by atoms with Crippen molar-refractivity contribution in [2.45, 2.75) is 13.3 Å². The molecule has 0 unspecified atom stereocenters. The number of carbonyl (C=O) groups is 1. The van der Waals surface area contributed by atoms with Gasteiger partial charge in [-0.2, -0.15) is 0 Å². The molecule has 0 atom stereocenters. The molecule has 2 aromatic heterocycles. The van der Waals surface area contributed by atoms with Gasteiger partial charge in [0.25, 0.3) is 0 Å². The second-order valence-electron chi connectivity index (χ2n) is 4.20. The van der Waals surface area contributed by atoms with Crippen molar-refractivity contribution in [2.75, 3.05) is 0 Å². The van der Waals surface area contributed by atoms with E-state index in [1.165, 1.54) is 16.2 Å². The van der Waals surface area contributed by atoms with Gasteiger partial charge in [-0.25, -0.2) is 4.98 Å². The summed E-state index contributed by atoms with van der Waals surface area (Å²) < 4.78 is 2.14. The standard InChI is InChI=1S/C14H10BrNOS2/c1-8-10(15)6-9(18-8)7-12(17)14-16-11-4-2-3-5-13(11)19-14/h2-6H,7H2,1H3. The van der Waals surface area contributed by atoms with E-state index in [0.717, 1.165) is 19.6 Å². The van der Waals surface area contributed by atoms with Gasteiger partial charge in [0.05, 0.1) is 10.2 Å². The quantitative estimate of drug-likeness (QED) is 0.631. The van der Waals surface area contributed by atoms with Gasteiger partial charge < -0.3 is 0 Å². The average molecular weight is 352 g/mol. The lowest BCUT2D eigenvalue weighted by Gasteiger charge is -1.92. The van der Waals surface area contributed by atoms with Gasteiger partial charge in [-0.3, -0.25) is 4.79 Å². The lowest BCUT2D eigenvalue weighted by atomic mass is 10.2. The van der Waals surface area contributed by atoms with Crippen molar-refractivity contribution in [3.63, 3.8) is 0 Å². The molecule has 0 spiro atoms. The first-order chi connectivity index (χ1) is 9.13. The Morgan fingerprint density at radius 3 is 2.79 bits per heavy atom.